The summed E-state index contributed by atoms with van der Waals surface area (Å²) in [6.07, 6.45) is 4.20. The van der Waals surface area contributed by atoms with Gasteiger partial charge in [-0.05, 0) is 49.6 Å². The predicted octanol–water partition coefficient (Wildman–Crippen LogP) is 4.17. The highest BCUT2D eigenvalue weighted by molar-refractivity contribution is 6.31. The van der Waals surface area contributed by atoms with Crippen LogP contribution in [0.2, 0.25) is 5.02 Å². The normalized spacial score (nSPS) is 11.8. The minimum Gasteiger partial charge on any atom is -0.447 e. The molecule has 1 atom stereocenters. The van der Waals surface area contributed by atoms with Crippen molar-refractivity contribution in [2.45, 2.75) is 31.7 Å². The number of hydrogen-bond donors (Lipinski definition) is 2. The van der Waals surface area contributed by atoms with E-state index < -0.39 is 11.9 Å². The van der Waals surface area contributed by atoms with Crippen LogP contribution in [0.5, 0.6) is 0 Å². The van der Waals surface area contributed by atoms with Crippen LogP contribution < -0.4 is 11.1 Å². The number of ether oxygens (including phenoxy) is 1. The zero-order chi connectivity index (χ0) is 24.5. The van der Waals surface area contributed by atoms with E-state index in [9.17, 15) is 14.0 Å². The number of aryl methyl sites for hydroxylation is 1. The molecule has 2 heterocycles. The summed E-state index contributed by atoms with van der Waals surface area (Å²) < 4.78 is 19.0. The Hall–Kier alpha value is -3.30. The number of nitrogens with zero attached hydrogens (tertiary/aromatic N) is 3. The highest BCUT2D eigenvalue weighted by Crippen LogP contribution is 2.21. The van der Waals surface area contributed by atoms with Crippen molar-refractivity contribution in [1.29, 1.82) is 0 Å². The van der Waals surface area contributed by atoms with Crippen LogP contribution >= 0.6 is 11.6 Å². The van der Waals surface area contributed by atoms with Crippen molar-refractivity contribution in [2.75, 3.05) is 25.5 Å². The van der Waals surface area contributed by atoms with Crippen molar-refractivity contribution in [1.82, 2.24) is 14.9 Å². The van der Waals surface area contributed by atoms with Gasteiger partial charge in [0.25, 0.3) is 0 Å². The molecular formula is C24H27ClFN5O3. The molecule has 0 fully saturated rings. The van der Waals surface area contributed by atoms with E-state index in [0.29, 0.717) is 42.7 Å². The van der Waals surface area contributed by atoms with Crippen molar-refractivity contribution < 1.29 is 18.7 Å². The number of nitrogens with two attached hydrogens (primary N) is 1. The summed E-state index contributed by atoms with van der Waals surface area (Å²) >= 11 is 5.98. The average molecular weight is 488 g/mol. The first-order chi connectivity index (χ1) is 16.4. The third-order valence-corrected chi connectivity index (χ3v) is 5.87. The van der Waals surface area contributed by atoms with Crippen molar-refractivity contribution in [3.05, 3.63) is 65.2 Å². The van der Waals surface area contributed by atoms with E-state index in [1.54, 1.807) is 43.7 Å². The third kappa shape index (κ3) is 6.85. The van der Waals surface area contributed by atoms with Gasteiger partial charge in [-0.2, -0.15) is 0 Å². The molecule has 0 aliphatic heterocycles. The Balaban J connectivity index is 1.56. The number of pyridine rings is 2. The quantitative estimate of drug-likeness (QED) is 0.444. The fraction of sp³-hybridized carbons (Fsp3) is 0.333. The van der Waals surface area contributed by atoms with Gasteiger partial charge in [0.2, 0.25) is 5.91 Å². The molecule has 0 saturated heterocycles. The maximum absolute atomic E-state index is 13.6. The summed E-state index contributed by atoms with van der Waals surface area (Å²) in [7, 11) is 1.65. The Morgan fingerprint density at radius 1 is 1.26 bits per heavy atom. The molecule has 0 spiro atoms. The van der Waals surface area contributed by atoms with Crippen LogP contribution in [-0.2, 0) is 16.0 Å². The molecule has 0 saturated carbocycles. The monoisotopic (exact) mass is 487 g/mol. The topological polar surface area (TPSA) is 110 Å². The zero-order valence-corrected chi connectivity index (χ0v) is 19.6. The molecule has 34 heavy (non-hydrogen) atoms. The number of fused-ring (bicyclic) bond motifs is 1. The van der Waals surface area contributed by atoms with Gasteiger partial charge in [-0.15, -0.1) is 0 Å². The molecule has 0 bridgehead atoms. The SMILES string of the molecule is CN(C(=O)CCc1cccc(F)c1Cl)[C@@H](CCCN)COC(=O)Nc1cc2cccnc2cn1. The fourth-order valence-corrected chi connectivity index (χ4v) is 3.68. The van der Waals surface area contributed by atoms with E-state index in [0.717, 1.165) is 5.39 Å². The summed E-state index contributed by atoms with van der Waals surface area (Å²) in [5.74, 6) is -0.354. The Morgan fingerprint density at radius 2 is 2.09 bits per heavy atom. The highest BCUT2D eigenvalue weighted by atomic mass is 35.5. The van der Waals surface area contributed by atoms with Gasteiger partial charge >= 0.3 is 6.09 Å². The number of likely N-dealkylation sites (N-methyl/N-ethyl adjacent to an activating group) is 1. The maximum Gasteiger partial charge on any atom is 0.412 e. The van der Waals surface area contributed by atoms with E-state index in [4.69, 9.17) is 22.1 Å². The first kappa shape index (κ1) is 25.3. The van der Waals surface area contributed by atoms with E-state index in [-0.39, 0.29) is 30.0 Å². The summed E-state index contributed by atoms with van der Waals surface area (Å²) in [6, 6.07) is 9.51. The lowest BCUT2D eigenvalue weighted by Crippen LogP contribution is -2.41. The zero-order valence-electron chi connectivity index (χ0n) is 18.8. The lowest BCUT2D eigenvalue weighted by Gasteiger charge is -2.28. The highest BCUT2D eigenvalue weighted by Gasteiger charge is 2.22. The van der Waals surface area contributed by atoms with Gasteiger partial charge in [-0.3, -0.25) is 15.1 Å². The average Bonchev–Trinajstić information content (AvgIpc) is 2.84. The van der Waals surface area contributed by atoms with Gasteiger partial charge < -0.3 is 15.4 Å². The van der Waals surface area contributed by atoms with Gasteiger partial charge in [0.05, 0.1) is 22.8 Å². The Morgan fingerprint density at radius 3 is 2.88 bits per heavy atom. The van der Waals surface area contributed by atoms with Crippen LogP contribution in [0.4, 0.5) is 15.0 Å². The number of hydrogen-bond acceptors (Lipinski definition) is 6. The van der Waals surface area contributed by atoms with Crippen LogP contribution in [0.25, 0.3) is 10.9 Å². The number of nitrogens with one attached hydrogen (secondary N) is 1. The first-order valence-corrected chi connectivity index (χ1v) is 11.3. The molecule has 0 radical (unpaired) electrons. The van der Waals surface area contributed by atoms with Gasteiger partial charge in [0.15, 0.2) is 0 Å². The lowest BCUT2D eigenvalue weighted by atomic mass is 10.1. The maximum atomic E-state index is 13.6. The fourth-order valence-electron chi connectivity index (χ4n) is 3.46. The summed E-state index contributed by atoms with van der Waals surface area (Å²) in [5.41, 5.74) is 6.91. The smallest absolute Gasteiger partial charge is 0.412 e. The van der Waals surface area contributed by atoms with E-state index in [2.05, 4.69) is 15.3 Å². The van der Waals surface area contributed by atoms with Crippen LogP contribution in [0.15, 0.2) is 48.8 Å². The number of amides is 2. The summed E-state index contributed by atoms with van der Waals surface area (Å²) in [4.78, 5) is 35.0. The molecule has 3 N–H and O–H groups in total. The van der Waals surface area contributed by atoms with Crippen LogP contribution in [0, 0.1) is 5.82 Å². The van der Waals surface area contributed by atoms with Crippen molar-refractivity contribution >= 4 is 40.3 Å². The van der Waals surface area contributed by atoms with Crippen LogP contribution in [0.1, 0.15) is 24.8 Å². The molecule has 0 unspecified atom stereocenters. The largest absolute Gasteiger partial charge is 0.447 e. The predicted molar refractivity (Wildman–Crippen MR) is 129 cm³/mol. The molecule has 2 aromatic heterocycles. The molecule has 10 heteroatoms. The van der Waals surface area contributed by atoms with Crippen molar-refractivity contribution in [2.24, 2.45) is 5.73 Å². The number of halogens is 2. The Bertz CT molecular complexity index is 1150. The number of anilines is 1. The summed E-state index contributed by atoms with van der Waals surface area (Å²) in [6.45, 7) is 0.433. The molecule has 0 aliphatic carbocycles. The van der Waals surface area contributed by atoms with E-state index in [1.807, 2.05) is 6.07 Å². The number of aromatic nitrogens is 2. The Labute approximate surface area is 202 Å². The number of benzene rings is 1. The second-order valence-electron chi connectivity index (χ2n) is 7.79. The summed E-state index contributed by atoms with van der Waals surface area (Å²) in [5, 5.41) is 3.45. The second kappa shape index (κ2) is 12.2. The minimum atomic E-state index is -0.680. The van der Waals surface area contributed by atoms with E-state index in [1.165, 1.54) is 11.0 Å². The van der Waals surface area contributed by atoms with Gasteiger partial charge in [-0.25, -0.2) is 14.2 Å². The molecule has 3 rings (SSSR count). The molecule has 8 nitrogen and oxygen atoms in total. The van der Waals surface area contributed by atoms with Gasteiger partial charge in [0.1, 0.15) is 18.2 Å². The van der Waals surface area contributed by atoms with Crippen molar-refractivity contribution in [3.8, 4) is 0 Å². The molecular weight excluding hydrogens is 461 g/mol. The number of rotatable bonds is 10. The van der Waals surface area contributed by atoms with Gasteiger partial charge in [0, 0.05) is 25.1 Å². The first-order valence-electron chi connectivity index (χ1n) is 10.9. The molecule has 0 aliphatic rings. The number of carbonyl (C=O) groups is 2. The number of carbonyl (C=O) groups excluding carboxylic acids is 2. The standard InChI is InChI=1S/C24H27ClFN5O3/c1-31(22(32)10-9-16-5-2-8-19(26)23(16)25)18(7-3-11-27)15-34-24(33)30-21-13-17-6-4-12-28-20(17)14-29-21/h2,4-6,8,12-14,18H,3,7,9-11,15,27H2,1H3,(H,29,30,33)/t18-/m0/s1. The molecule has 3 aromatic rings. The van der Waals surface area contributed by atoms with Crippen molar-refractivity contribution in [3.63, 3.8) is 0 Å². The lowest BCUT2D eigenvalue weighted by molar-refractivity contribution is -0.132. The molecule has 2 amide bonds. The van der Waals surface area contributed by atoms with Crippen LogP contribution in [0.3, 0.4) is 0 Å². The van der Waals surface area contributed by atoms with E-state index >= 15 is 0 Å². The minimum absolute atomic E-state index is 0.00999. The van der Waals surface area contributed by atoms with Gasteiger partial charge in [-0.1, -0.05) is 29.8 Å². The van der Waals surface area contributed by atoms with Crippen LogP contribution in [-0.4, -0.2) is 53.1 Å². The second-order valence-corrected chi connectivity index (χ2v) is 8.17. The molecule has 180 valence electrons. The third-order valence-electron chi connectivity index (χ3n) is 5.45. The molecule has 1 aromatic carbocycles. The Kier molecular flexibility index (Phi) is 9.12.